The summed E-state index contributed by atoms with van der Waals surface area (Å²) in [4.78, 5) is 8.94. The average Bonchev–Trinajstić information content (AvgIpc) is 2.65. The molecule has 2 aromatic heterocycles. The maximum Gasteiger partial charge on any atom is 0.0908 e. The van der Waals surface area contributed by atoms with Gasteiger partial charge in [0.25, 0.3) is 0 Å². The number of aryl methyl sites for hydroxylation is 2. The molecule has 0 atom stereocenters. The van der Waals surface area contributed by atoms with Gasteiger partial charge in [-0.05, 0) is 26.0 Å². The summed E-state index contributed by atoms with van der Waals surface area (Å²) in [5.74, 6) is 0. The van der Waals surface area contributed by atoms with Crippen LogP contribution in [0, 0.1) is 13.8 Å². The summed E-state index contributed by atoms with van der Waals surface area (Å²) in [6.45, 7) is 4.09. The molecule has 70 valence electrons. The third-order valence-corrected chi connectivity index (χ3v) is 4.26. The van der Waals surface area contributed by atoms with Crippen molar-refractivity contribution in [3.8, 4) is 0 Å². The molecule has 1 aromatic carbocycles. The quantitative estimate of drug-likeness (QED) is 0.579. The summed E-state index contributed by atoms with van der Waals surface area (Å²) in [5.41, 5.74) is 2.20. The number of nitrogens with zero attached hydrogens (tertiary/aromatic N) is 2. The predicted molar refractivity (Wildman–Crippen MR) is 62.3 cm³/mol. The Labute approximate surface area is 89.2 Å². The van der Waals surface area contributed by atoms with Gasteiger partial charge in [-0.2, -0.15) is 0 Å². The summed E-state index contributed by atoms with van der Waals surface area (Å²) in [6, 6.07) is 4.11. The highest BCUT2D eigenvalue weighted by Gasteiger charge is 2.08. The average molecular weight is 220 g/mol. The molecule has 0 bridgehead atoms. The van der Waals surface area contributed by atoms with Crippen LogP contribution in [0.4, 0.5) is 0 Å². The van der Waals surface area contributed by atoms with Crippen molar-refractivity contribution >= 4 is 43.1 Å². The van der Waals surface area contributed by atoms with E-state index in [-0.39, 0.29) is 0 Å². The normalized spacial score (nSPS) is 11.6. The van der Waals surface area contributed by atoms with Crippen molar-refractivity contribution in [1.29, 1.82) is 0 Å². The largest absolute Gasteiger partial charge is 0.241 e. The van der Waals surface area contributed by atoms with Crippen molar-refractivity contribution in [3.63, 3.8) is 0 Å². The molecule has 0 radical (unpaired) electrons. The van der Waals surface area contributed by atoms with Crippen molar-refractivity contribution in [3.05, 3.63) is 22.1 Å². The highest BCUT2D eigenvalue weighted by Crippen LogP contribution is 2.33. The van der Waals surface area contributed by atoms with Gasteiger partial charge in [0.15, 0.2) is 0 Å². The van der Waals surface area contributed by atoms with Crippen LogP contribution < -0.4 is 0 Å². The lowest BCUT2D eigenvalue weighted by atomic mass is 10.3. The maximum atomic E-state index is 4.47. The lowest BCUT2D eigenvalue weighted by Gasteiger charge is -1.87. The fourth-order valence-corrected chi connectivity index (χ4v) is 3.56. The zero-order valence-corrected chi connectivity index (χ0v) is 9.50. The Hall–Kier alpha value is -1.00. The Bertz CT molecular complexity index is 566. The standard InChI is InChI=1S/C10H8N2S2/c1-5-11-7-3-4-8-10(9(7)13-5)14-6(2)12-8/h3-4H,1-2H3. The predicted octanol–water partition coefficient (Wildman–Crippen LogP) is 3.52. The lowest BCUT2D eigenvalue weighted by Crippen LogP contribution is -1.70. The third kappa shape index (κ3) is 1.07. The van der Waals surface area contributed by atoms with Crippen molar-refractivity contribution < 1.29 is 0 Å². The molecule has 2 nitrogen and oxygen atoms in total. The molecule has 3 aromatic rings. The molecule has 3 rings (SSSR count). The summed E-state index contributed by atoms with van der Waals surface area (Å²) in [6.07, 6.45) is 0. The smallest absolute Gasteiger partial charge is 0.0908 e. The lowest BCUT2D eigenvalue weighted by molar-refractivity contribution is 1.34. The maximum absolute atomic E-state index is 4.47. The molecule has 14 heavy (non-hydrogen) atoms. The second kappa shape index (κ2) is 2.74. The van der Waals surface area contributed by atoms with Crippen LogP contribution >= 0.6 is 22.7 Å². The highest BCUT2D eigenvalue weighted by molar-refractivity contribution is 7.26. The van der Waals surface area contributed by atoms with Gasteiger partial charge < -0.3 is 0 Å². The van der Waals surface area contributed by atoms with Crippen LogP contribution in [0.15, 0.2) is 12.1 Å². The number of thiazole rings is 2. The number of rotatable bonds is 0. The molecular formula is C10H8N2S2. The summed E-state index contributed by atoms with van der Waals surface area (Å²) in [5, 5.41) is 2.25. The van der Waals surface area contributed by atoms with Crippen LogP contribution in [0.2, 0.25) is 0 Å². The molecule has 0 spiro atoms. The second-order valence-corrected chi connectivity index (χ2v) is 5.63. The van der Waals surface area contributed by atoms with E-state index in [2.05, 4.69) is 22.1 Å². The molecular weight excluding hydrogens is 212 g/mol. The van der Waals surface area contributed by atoms with Gasteiger partial charge in [0.2, 0.25) is 0 Å². The topological polar surface area (TPSA) is 25.8 Å². The van der Waals surface area contributed by atoms with Crippen LogP contribution in [0.5, 0.6) is 0 Å². The molecule has 0 aliphatic heterocycles. The molecule has 0 N–H and O–H groups in total. The second-order valence-electron chi connectivity index (χ2n) is 3.23. The van der Waals surface area contributed by atoms with E-state index in [1.54, 1.807) is 22.7 Å². The molecule has 0 aliphatic carbocycles. The Kier molecular flexibility index (Phi) is 1.63. The number of benzene rings is 1. The van der Waals surface area contributed by atoms with Gasteiger partial charge >= 0.3 is 0 Å². The van der Waals surface area contributed by atoms with Gasteiger partial charge in [0.1, 0.15) is 0 Å². The zero-order valence-electron chi connectivity index (χ0n) is 7.87. The van der Waals surface area contributed by atoms with Gasteiger partial charge in [-0.15, -0.1) is 22.7 Å². The molecule has 0 aliphatic rings. The minimum Gasteiger partial charge on any atom is -0.241 e. The van der Waals surface area contributed by atoms with Crippen LogP contribution in [0.3, 0.4) is 0 Å². The number of hydrogen-bond donors (Lipinski definition) is 0. The first kappa shape index (κ1) is 8.32. The SMILES string of the molecule is Cc1nc2ccc3nc(C)sc3c2s1. The van der Waals surface area contributed by atoms with E-state index >= 15 is 0 Å². The zero-order chi connectivity index (χ0) is 9.71. The Morgan fingerprint density at radius 2 is 1.29 bits per heavy atom. The Morgan fingerprint density at radius 1 is 0.857 bits per heavy atom. The van der Waals surface area contributed by atoms with Gasteiger partial charge in [-0.25, -0.2) is 9.97 Å². The Balaban J connectivity index is 2.58. The molecule has 0 saturated heterocycles. The van der Waals surface area contributed by atoms with E-state index in [9.17, 15) is 0 Å². The van der Waals surface area contributed by atoms with Gasteiger partial charge in [0.05, 0.1) is 30.4 Å². The minimum absolute atomic E-state index is 1.10. The molecule has 0 saturated carbocycles. The van der Waals surface area contributed by atoms with E-state index in [1.165, 1.54) is 9.40 Å². The van der Waals surface area contributed by atoms with E-state index in [1.807, 2.05) is 13.8 Å². The number of fused-ring (bicyclic) bond motifs is 3. The van der Waals surface area contributed by atoms with Crippen LogP contribution in [0.25, 0.3) is 20.4 Å². The van der Waals surface area contributed by atoms with Crippen LogP contribution in [0.1, 0.15) is 10.0 Å². The third-order valence-electron chi connectivity index (χ3n) is 2.13. The summed E-state index contributed by atoms with van der Waals surface area (Å²) < 4.78 is 2.57. The first-order valence-corrected chi connectivity index (χ1v) is 6.00. The minimum atomic E-state index is 1.10. The van der Waals surface area contributed by atoms with Gasteiger partial charge in [-0.1, -0.05) is 0 Å². The van der Waals surface area contributed by atoms with E-state index in [0.29, 0.717) is 0 Å². The number of aromatic nitrogens is 2. The first-order chi connectivity index (χ1) is 6.74. The van der Waals surface area contributed by atoms with Crippen molar-refractivity contribution in [1.82, 2.24) is 9.97 Å². The monoisotopic (exact) mass is 220 g/mol. The summed E-state index contributed by atoms with van der Waals surface area (Å²) >= 11 is 3.51. The van der Waals surface area contributed by atoms with E-state index in [4.69, 9.17) is 0 Å². The first-order valence-electron chi connectivity index (χ1n) is 4.37. The van der Waals surface area contributed by atoms with Gasteiger partial charge in [0, 0.05) is 0 Å². The molecule has 0 unspecified atom stereocenters. The van der Waals surface area contributed by atoms with Crippen molar-refractivity contribution in [2.75, 3.05) is 0 Å². The molecule has 2 heterocycles. The molecule has 0 fully saturated rings. The van der Waals surface area contributed by atoms with Gasteiger partial charge in [-0.3, -0.25) is 0 Å². The van der Waals surface area contributed by atoms with Crippen LogP contribution in [-0.4, -0.2) is 9.97 Å². The molecule has 4 heteroatoms. The Morgan fingerprint density at radius 3 is 1.71 bits per heavy atom. The van der Waals surface area contributed by atoms with E-state index < -0.39 is 0 Å². The van der Waals surface area contributed by atoms with Crippen molar-refractivity contribution in [2.24, 2.45) is 0 Å². The fourth-order valence-electron chi connectivity index (χ4n) is 1.60. The van der Waals surface area contributed by atoms with Crippen molar-refractivity contribution in [2.45, 2.75) is 13.8 Å². The van der Waals surface area contributed by atoms with Crippen LogP contribution in [-0.2, 0) is 0 Å². The summed E-state index contributed by atoms with van der Waals surface area (Å²) in [7, 11) is 0. The number of hydrogen-bond acceptors (Lipinski definition) is 4. The fraction of sp³-hybridized carbons (Fsp3) is 0.200. The highest BCUT2D eigenvalue weighted by atomic mass is 32.1. The molecule has 0 amide bonds. The van der Waals surface area contributed by atoms with E-state index in [0.717, 1.165) is 21.0 Å².